The zero-order valence-electron chi connectivity index (χ0n) is 12.2. The average Bonchev–Trinajstić information content (AvgIpc) is 2.47. The van der Waals surface area contributed by atoms with Gasteiger partial charge < -0.3 is 5.32 Å². The first-order valence-electron chi connectivity index (χ1n) is 7.72. The number of fused-ring (bicyclic) bond motifs is 2. The minimum atomic E-state index is 0.687. The van der Waals surface area contributed by atoms with E-state index in [0.29, 0.717) is 18.1 Å². The number of nitriles is 1. The molecule has 2 heterocycles. The number of piperidine rings is 2. The first-order valence-corrected chi connectivity index (χ1v) is 7.72. The van der Waals surface area contributed by atoms with E-state index >= 15 is 0 Å². The molecule has 3 rings (SSSR count). The summed E-state index contributed by atoms with van der Waals surface area (Å²) in [6, 6.07) is 12.4. The molecule has 2 bridgehead atoms. The van der Waals surface area contributed by atoms with Crippen molar-refractivity contribution in [2.75, 3.05) is 7.05 Å². The van der Waals surface area contributed by atoms with E-state index in [9.17, 15) is 0 Å². The van der Waals surface area contributed by atoms with Crippen LogP contribution >= 0.6 is 0 Å². The molecule has 2 fully saturated rings. The summed E-state index contributed by atoms with van der Waals surface area (Å²) in [7, 11) is 2.09. The first kappa shape index (κ1) is 13.6. The molecule has 0 spiro atoms. The van der Waals surface area contributed by atoms with Crippen LogP contribution in [0.5, 0.6) is 0 Å². The van der Waals surface area contributed by atoms with Crippen LogP contribution in [-0.4, -0.2) is 30.1 Å². The Labute approximate surface area is 121 Å². The maximum Gasteiger partial charge on any atom is 0.0991 e. The molecule has 3 heteroatoms. The summed E-state index contributed by atoms with van der Waals surface area (Å²) in [6.45, 7) is 1.00. The molecule has 2 saturated heterocycles. The predicted molar refractivity (Wildman–Crippen MR) is 80.2 cm³/mol. The van der Waals surface area contributed by atoms with Gasteiger partial charge >= 0.3 is 0 Å². The largest absolute Gasteiger partial charge is 0.317 e. The van der Waals surface area contributed by atoms with E-state index in [1.54, 1.807) is 0 Å². The quantitative estimate of drug-likeness (QED) is 0.917. The van der Waals surface area contributed by atoms with Crippen LogP contribution in [-0.2, 0) is 6.54 Å². The Balaban J connectivity index is 1.75. The van der Waals surface area contributed by atoms with Crippen molar-refractivity contribution in [3.63, 3.8) is 0 Å². The summed E-state index contributed by atoms with van der Waals surface area (Å²) in [5.74, 6) is 0. The number of rotatable bonds is 3. The van der Waals surface area contributed by atoms with Crippen molar-refractivity contribution in [2.45, 2.75) is 56.8 Å². The van der Waals surface area contributed by atoms with E-state index in [1.165, 1.54) is 37.7 Å². The van der Waals surface area contributed by atoms with Gasteiger partial charge in [-0.15, -0.1) is 0 Å². The molecule has 106 valence electrons. The van der Waals surface area contributed by atoms with Gasteiger partial charge in [-0.2, -0.15) is 5.26 Å². The third-order valence-corrected chi connectivity index (χ3v) is 4.96. The second-order valence-electron chi connectivity index (χ2n) is 6.18. The summed E-state index contributed by atoms with van der Waals surface area (Å²) >= 11 is 0. The van der Waals surface area contributed by atoms with Crippen molar-refractivity contribution < 1.29 is 0 Å². The molecule has 2 aliphatic rings. The van der Waals surface area contributed by atoms with Crippen molar-refractivity contribution in [3.05, 3.63) is 35.4 Å². The van der Waals surface area contributed by atoms with Crippen molar-refractivity contribution >= 4 is 0 Å². The van der Waals surface area contributed by atoms with Gasteiger partial charge in [0, 0.05) is 24.7 Å². The SMILES string of the molecule is CNC1CC2CCCC(C1)N2Cc1cccc(C#N)c1. The van der Waals surface area contributed by atoms with Crippen molar-refractivity contribution in [2.24, 2.45) is 0 Å². The van der Waals surface area contributed by atoms with Crippen molar-refractivity contribution in [3.8, 4) is 6.07 Å². The topological polar surface area (TPSA) is 39.1 Å². The molecule has 3 nitrogen and oxygen atoms in total. The minimum Gasteiger partial charge on any atom is -0.317 e. The fourth-order valence-corrected chi connectivity index (χ4v) is 3.92. The van der Waals surface area contributed by atoms with E-state index in [2.05, 4.69) is 29.4 Å². The molecule has 0 radical (unpaired) electrons. The van der Waals surface area contributed by atoms with Crippen LogP contribution in [0.1, 0.15) is 43.2 Å². The van der Waals surface area contributed by atoms with Crippen LogP contribution in [0, 0.1) is 11.3 Å². The molecular formula is C17H23N3. The van der Waals surface area contributed by atoms with Gasteiger partial charge in [-0.25, -0.2) is 0 Å². The van der Waals surface area contributed by atoms with E-state index in [-0.39, 0.29) is 0 Å². The molecule has 0 amide bonds. The van der Waals surface area contributed by atoms with Gasteiger partial charge in [0.15, 0.2) is 0 Å². The zero-order chi connectivity index (χ0) is 13.9. The van der Waals surface area contributed by atoms with E-state index in [0.717, 1.165) is 12.1 Å². The Kier molecular flexibility index (Phi) is 4.05. The zero-order valence-corrected chi connectivity index (χ0v) is 12.2. The lowest BCUT2D eigenvalue weighted by Gasteiger charge is -2.49. The highest BCUT2D eigenvalue weighted by Crippen LogP contribution is 2.35. The number of benzene rings is 1. The van der Waals surface area contributed by atoms with E-state index in [4.69, 9.17) is 5.26 Å². The molecule has 2 aliphatic heterocycles. The molecule has 2 atom stereocenters. The highest BCUT2D eigenvalue weighted by molar-refractivity contribution is 5.32. The number of hydrogen-bond acceptors (Lipinski definition) is 3. The van der Waals surface area contributed by atoms with Gasteiger partial charge in [0.25, 0.3) is 0 Å². The molecular weight excluding hydrogens is 246 g/mol. The maximum absolute atomic E-state index is 9.02. The lowest BCUT2D eigenvalue weighted by molar-refractivity contribution is 0.0190. The second kappa shape index (κ2) is 5.95. The van der Waals surface area contributed by atoms with Crippen LogP contribution < -0.4 is 5.32 Å². The lowest BCUT2D eigenvalue weighted by atomic mass is 9.81. The maximum atomic E-state index is 9.02. The smallest absolute Gasteiger partial charge is 0.0991 e. The molecule has 1 N–H and O–H groups in total. The van der Waals surface area contributed by atoms with Crippen molar-refractivity contribution in [1.82, 2.24) is 10.2 Å². The Morgan fingerprint density at radius 1 is 1.30 bits per heavy atom. The Bertz CT molecular complexity index is 491. The highest BCUT2D eigenvalue weighted by Gasteiger charge is 2.37. The fourth-order valence-electron chi connectivity index (χ4n) is 3.92. The minimum absolute atomic E-state index is 0.687. The third kappa shape index (κ3) is 2.72. The van der Waals surface area contributed by atoms with Gasteiger partial charge in [-0.05, 0) is 50.4 Å². The second-order valence-corrected chi connectivity index (χ2v) is 6.18. The fraction of sp³-hybridized carbons (Fsp3) is 0.588. The van der Waals surface area contributed by atoms with E-state index in [1.807, 2.05) is 18.2 Å². The normalized spacial score (nSPS) is 29.9. The summed E-state index contributed by atoms with van der Waals surface area (Å²) < 4.78 is 0. The van der Waals surface area contributed by atoms with Gasteiger partial charge in [0.05, 0.1) is 11.6 Å². The van der Waals surface area contributed by atoms with Crippen LogP contribution in [0.15, 0.2) is 24.3 Å². The van der Waals surface area contributed by atoms with Gasteiger partial charge in [0.1, 0.15) is 0 Å². The number of hydrogen-bond donors (Lipinski definition) is 1. The summed E-state index contributed by atoms with van der Waals surface area (Å²) in [4.78, 5) is 2.69. The molecule has 1 aromatic carbocycles. The van der Waals surface area contributed by atoms with Gasteiger partial charge in [0.2, 0.25) is 0 Å². The number of nitrogens with zero attached hydrogens (tertiary/aromatic N) is 2. The van der Waals surface area contributed by atoms with Crippen LogP contribution in [0.4, 0.5) is 0 Å². The van der Waals surface area contributed by atoms with Crippen molar-refractivity contribution in [1.29, 1.82) is 5.26 Å². The highest BCUT2D eigenvalue weighted by atomic mass is 15.2. The molecule has 0 aromatic heterocycles. The summed E-state index contributed by atoms with van der Waals surface area (Å²) in [5.41, 5.74) is 2.06. The van der Waals surface area contributed by atoms with Gasteiger partial charge in [-0.3, -0.25) is 4.90 Å². The lowest BCUT2D eigenvalue weighted by Crippen LogP contribution is -2.55. The number of nitrogens with one attached hydrogen (secondary N) is 1. The summed E-state index contributed by atoms with van der Waals surface area (Å²) in [6.07, 6.45) is 6.57. The molecule has 0 aliphatic carbocycles. The Hall–Kier alpha value is -1.37. The molecule has 1 aromatic rings. The van der Waals surface area contributed by atoms with Crippen LogP contribution in [0.2, 0.25) is 0 Å². The summed E-state index contributed by atoms with van der Waals surface area (Å²) in [5, 5.41) is 12.5. The molecule has 0 saturated carbocycles. The average molecular weight is 269 g/mol. The Morgan fingerprint density at radius 2 is 2.05 bits per heavy atom. The monoisotopic (exact) mass is 269 g/mol. The molecule has 2 unspecified atom stereocenters. The Morgan fingerprint density at radius 3 is 2.70 bits per heavy atom. The van der Waals surface area contributed by atoms with Gasteiger partial charge in [-0.1, -0.05) is 18.6 Å². The molecule has 20 heavy (non-hydrogen) atoms. The standard InChI is InChI=1S/C17H23N3/c1-19-15-9-16-6-3-7-17(10-15)20(16)12-14-5-2-4-13(8-14)11-18/h2,4-5,8,15-17,19H,3,6-7,9-10,12H2,1H3. The first-order chi connectivity index (χ1) is 9.80. The van der Waals surface area contributed by atoms with Crippen LogP contribution in [0.3, 0.4) is 0 Å². The predicted octanol–water partition coefficient (Wildman–Crippen LogP) is 2.66. The van der Waals surface area contributed by atoms with E-state index < -0.39 is 0 Å². The third-order valence-electron chi connectivity index (χ3n) is 4.96. The van der Waals surface area contributed by atoms with Crippen LogP contribution in [0.25, 0.3) is 0 Å².